The van der Waals surface area contributed by atoms with Crippen molar-refractivity contribution in [2.45, 2.75) is 44.8 Å². The molecular weight excluding hydrogens is 702 g/mol. The molecule has 2 aliphatic heterocycles. The van der Waals surface area contributed by atoms with E-state index in [0.29, 0.717) is 11.3 Å². The van der Waals surface area contributed by atoms with Crippen LogP contribution in [0.4, 0.5) is 0 Å². The molecule has 0 saturated heterocycles. The predicted molar refractivity (Wildman–Crippen MR) is 198 cm³/mol. The summed E-state index contributed by atoms with van der Waals surface area (Å²) >= 11 is 6.28. The van der Waals surface area contributed by atoms with Crippen molar-refractivity contribution >= 4 is 52.0 Å². The third kappa shape index (κ3) is 10.3. The zero-order valence-corrected chi connectivity index (χ0v) is 30.6. The second-order valence-corrected chi connectivity index (χ2v) is 13.4. The van der Waals surface area contributed by atoms with Crippen LogP contribution < -0.4 is 26.0 Å². The number of hydrogen-bond donors (Lipinski definition) is 5. The molecular formula is C38H44ClN7O7. The van der Waals surface area contributed by atoms with Gasteiger partial charge >= 0.3 is 0 Å². The summed E-state index contributed by atoms with van der Waals surface area (Å²) in [6.07, 6.45) is 4.63. The molecule has 0 saturated carbocycles. The third-order valence-electron chi connectivity index (χ3n) is 8.86. The highest BCUT2D eigenvalue weighted by Gasteiger charge is 2.33. The Hall–Kier alpha value is -5.47. The van der Waals surface area contributed by atoms with Crippen molar-refractivity contribution in [3.05, 3.63) is 94.9 Å². The van der Waals surface area contributed by atoms with Gasteiger partial charge in [-0.25, -0.2) is 0 Å². The number of pyridine rings is 1. The molecule has 5 N–H and O–H groups in total. The fraction of sp³-hybridized carbons (Fsp3) is 0.368. The lowest BCUT2D eigenvalue weighted by molar-refractivity contribution is -0.141. The quantitative estimate of drug-likeness (QED) is 0.170. The number of aromatic amines is 1. The molecule has 53 heavy (non-hydrogen) atoms. The molecule has 6 rings (SSSR count). The van der Waals surface area contributed by atoms with E-state index in [1.54, 1.807) is 44.3 Å². The summed E-state index contributed by atoms with van der Waals surface area (Å²) in [7, 11) is 1.47. The first-order chi connectivity index (χ1) is 25.5. The lowest BCUT2D eigenvalue weighted by atomic mass is 10.0. The van der Waals surface area contributed by atoms with Crippen LogP contribution >= 0.6 is 11.6 Å². The zero-order valence-electron chi connectivity index (χ0n) is 29.8. The second-order valence-electron chi connectivity index (χ2n) is 13.0. The Bertz CT molecular complexity index is 1920. The summed E-state index contributed by atoms with van der Waals surface area (Å²) in [4.78, 5) is 77.4. The fourth-order valence-corrected chi connectivity index (χ4v) is 6.23. The number of para-hydroxylation sites is 1. The average molecular weight is 746 g/mol. The molecule has 2 aliphatic rings. The second kappa shape index (κ2) is 18.3. The van der Waals surface area contributed by atoms with Crippen molar-refractivity contribution in [3.8, 4) is 5.75 Å². The Morgan fingerprint density at radius 3 is 2.57 bits per heavy atom. The minimum Gasteiger partial charge on any atom is -0.492 e. The van der Waals surface area contributed by atoms with E-state index in [2.05, 4.69) is 31.2 Å². The molecule has 4 heterocycles. The van der Waals surface area contributed by atoms with E-state index in [-0.39, 0.29) is 61.6 Å². The Morgan fingerprint density at radius 1 is 1.06 bits per heavy atom. The van der Waals surface area contributed by atoms with Crippen molar-refractivity contribution in [2.75, 3.05) is 40.0 Å². The molecule has 5 amide bonds. The summed E-state index contributed by atoms with van der Waals surface area (Å²) in [5.41, 5.74) is 2.41. The molecule has 0 fully saturated rings. The minimum absolute atomic E-state index is 0.0198. The fourth-order valence-electron chi connectivity index (χ4n) is 6.02. The number of aromatic nitrogens is 2. The smallest absolute Gasteiger partial charge is 0.253 e. The summed E-state index contributed by atoms with van der Waals surface area (Å²) in [6, 6.07) is 12.8. The molecule has 15 heteroatoms. The molecule has 2 aromatic carbocycles. The van der Waals surface area contributed by atoms with E-state index in [1.807, 2.05) is 24.3 Å². The van der Waals surface area contributed by atoms with Crippen molar-refractivity contribution in [1.82, 2.24) is 36.1 Å². The number of hydrogen-bond acceptors (Lipinski definition) is 8. The largest absolute Gasteiger partial charge is 0.492 e. The van der Waals surface area contributed by atoms with Crippen LogP contribution in [0.25, 0.3) is 10.9 Å². The van der Waals surface area contributed by atoms with Crippen LogP contribution in [0.1, 0.15) is 35.3 Å². The van der Waals surface area contributed by atoms with Crippen molar-refractivity contribution in [3.63, 3.8) is 0 Å². The normalized spacial score (nSPS) is 19.3. The number of H-pyrrole nitrogens is 1. The summed E-state index contributed by atoms with van der Waals surface area (Å²) < 4.78 is 11.1. The Morgan fingerprint density at radius 2 is 1.83 bits per heavy atom. The van der Waals surface area contributed by atoms with Crippen LogP contribution in [0.3, 0.4) is 0 Å². The summed E-state index contributed by atoms with van der Waals surface area (Å²) in [6.45, 7) is 3.66. The first kappa shape index (κ1) is 38.8. The van der Waals surface area contributed by atoms with E-state index < -0.39 is 48.3 Å². The summed E-state index contributed by atoms with van der Waals surface area (Å²) in [5, 5.41) is 12.2. The number of carbonyl (C=O) groups is 5. The van der Waals surface area contributed by atoms with Gasteiger partial charge in [0, 0.05) is 56.0 Å². The maximum absolute atomic E-state index is 14.5. The van der Waals surface area contributed by atoms with Crippen molar-refractivity contribution in [1.29, 1.82) is 0 Å². The van der Waals surface area contributed by atoms with Gasteiger partial charge in [-0.1, -0.05) is 55.8 Å². The van der Waals surface area contributed by atoms with Gasteiger partial charge in [-0.05, 0) is 41.3 Å². The molecule has 2 bridgehead atoms. The van der Waals surface area contributed by atoms with Crippen LogP contribution in [0.15, 0.2) is 73.2 Å². The monoisotopic (exact) mass is 745 g/mol. The number of benzene rings is 2. The van der Waals surface area contributed by atoms with Gasteiger partial charge in [0.05, 0.1) is 30.3 Å². The number of amides is 5. The highest BCUT2D eigenvalue weighted by atomic mass is 35.5. The van der Waals surface area contributed by atoms with Crippen LogP contribution in [0.2, 0.25) is 5.02 Å². The standard InChI is InChI=1S/C38H44ClN7O7/c1-23(2)34-37(50)41-14-16-53-26-10-8-24(9-11-26)18-31(43-35(48)28-12-13-40-21-29(28)39)36(49)44-32(19-25-20-42-30-7-5-4-6-27(25)30)38(51)46(15-17-52-3)22-33(47)45-34/h4-13,20-21,23,31-32,34,42H,14-19,22H2,1-3H3,(H,41,50)(H,43,48)(H,44,49)(H,45,47)/t31-,32-,34-/m0/s1. The highest BCUT2D eigenvalue weighted by Crippen LogP contribution is 2.21. The lowest BCUT2D eigenvalue weighted by Gasteiger charge is -2.30. The van der Waals surface area contributed by atoms with E-state index in [9.17, 15) is 24.0 Å². The number of rotatable bonds is 8. The van der Waals surface area contributed by atoms with E-state index in [4.69, 9.17) is 21.1 Å². The highest BCUT2D eigenvalue weighted by molar-refractivity contribution is 6.33. The minimum atomic E-state index is -1.18. The van der Waals surface area contributed by atoms with Gasteiger partial charge in [-0.3, -0.25) is 29.0 Å². The Balaban J connectivity index is 1.53. The van der Waals surface area contributed by atoms with Gasteiger partial charge in [-0.2, -0.15) is 0 Å². The van der Waals surface area contributed by atoms with Gasteiger partial charge in [-0.15, -0.1) is 0 Å². The first-order valence-electron chi connectivity index (χ1n) is 17.4. The van der Waals surface area contributed by atoms with Crippen LogP contribution in [-0.2, 0) is 36.8 Å². The zero-order chi connectivity index (χ0) is 37.9. The molecule has 0 spiro atoms. The van der Waals surface area contributed by atoms with Gasteiger partial charge in [0.25, 0.3) is 5.91 Å². The molecule has 4 aromatic rings. The Kier molecular flexibility index (Phi) is 13.4. The molecule has 0 radical (unpaired) electrons. The van der Waals surface area contributed by atoms with Gasteiger partial charge in [0.1, 0.15) is 30.5 Å². The number of methoxy groups -OCH3 is 1. The van der Waals surface area contributed by atoms with E-state index in [1.165, 1.54) is 30.5 Å². The molecule has 14 nitrogen and oxygen atoms in total. The number of carbonyl (C=O) groups excluding carboxylic acids is 5. The van der Waals surface area contributed by atoms with Crippen LogP contribution in [0.5, 0.6) is 5.75 Å². The first-order valence-corrected chi connectivity index (χ1v) is 17.7. The van der Waals surface area contributed by atoms with Gasteiger partial charge in [0.2, 0.25) is 23.6 Å². The number of halogens is 1. The molecule has 0 unspecified atom stereocenters. The SMILES string of the molecule is COCCN1CC(=O)N[C@@H](C(C)C)C(=O)NCCOc2ccc(cc2)C[C@H](NC(=O)c2ccncc2Cl)C(=O)N[C@@H](Cc2c[nH]c3ccccc23)C1=O. The maximum atomic E-state index is 14.5. The number of nitrogens with zero attached hydrogens (tertiary/aromatic N) is 2. The number of ether oxygens (including phenoxy) is 2. The van der Waals surface area contributed by atoms with Gasteiger partial charge in [0.15, 0.2) is 0 Å². The topological polar surface area (TPSA) is 184 Å². The third-order valence-corrected chi connectivity index (χ3v) is 9.16. The number of nitrogens with one attached hydrogen (secondary N) is 5. The summed E-state index contributed by atoms with van der Waals surface area (Å²) in [5.74, 6) is -2.49. The van der Waals surface area contributed by atoms with Crippen LogP contribution in [0, 0.1) is 5.92 Å². The molecule has 3 atom stereocenters. The predicted octanol–water partition coefficient (Wildman–Crippen LogP) is 2.41. The van der Waals surface area contributed by atoms with Gasteiger partial charge < -0.3 is 40.6 Å². The van der Waals surface area contributed by atoms with Crippen molar-refractivity contribution < 1.29 is 33.4 Å². The maximum Gasteiger partial charge on any atom is 0.253 e. The molecule has 280 valence electrons. The molecule has 2 aromatic heterocycles. The molecule has 0 aliphatic carbocycles. The average Bonchev–Trinajstić information content (AvgIpc) is 3.55. The van der Waals surface area contributed by atoms with E-state index in [0.717, 1.165) is 16.5 Å². The van der Waals surface area contributed by atoms with E-state index >= 15 is 0 Å². The Labute approximate surface area is 312 Å². The van der Waals surface area contributed by atoms with Crippen LogP contribution in [-0.4, -0.2) is 102 Å². The lowest BCUT2D eigenvalue weighted by Crippen LogP contribution is -2.58. The number of fused-ring (bicyclic) bond motifs is 18. The van der Waals surface area contributed by atoms with Crippen molar-refractivity contribution in [2.24, 2.45) is 5.92 Å².